The largest absolute Gasteiger partial charge is 0.395 e. The van der Waals surface area contributed by atoms with Crippen LogP contribution in [0.4, 0.5) is 0 Å². The van der Waals surface area contributed by atoms with Gasteiger partial charge in [0.25, 0.3) is 5.91 Å². The smallest absolute Gasteiger partial charge is 0.255 e. The van der Waals surface area contributed by atoms with E-state index < -0.39 is 0 Å². The number of pyridine rings is 1. The molecule has 3 heterocycles. The topological polar surface area (TPSA) is 74.5 Å². The summed E-state index contributed by atoms with van der Waals surface area (Å²) in [6.45, 7) is 3.73. The lowest BCUT2D eigenvalue weighted by molar-refractivity contribution is 0.0732. The number of carbonyl (C=O) groups is 1. The van der Waals surface area contributed by atoms with Gasteiger partial charge in [-0.05, 0) is 50.8 Å². The number of piperidine rings is 1. The second-order valence-electron chi connectivity index (χ2n) is 8.35. The summed E-state index contributed by atoms with van der Waals surface area (Å²) in [5.74, 6) is 0.532. The van der Waals surface area contributed by atoms with Crippen LogP contribution in [0.2, 0.25) is 0 Å². The highest BCUT2D eigenvalue weighted by atomic mass is 16.3. The SMILES string of the molecule is CN(CC1CCN(CCO)CC1)C(=O)c1cnc2c(c1)ncn2C1CCCC1. The number of nitrogens with zero attached hydrogens (tertiary/aromatic N) is 5. The Kier molecular flexibility index (Phi) is 5.92. The predicted molar refractivity (Wildman–Crippen MR) is 108 cm³/mol. The molecular formula is C21H31N5O2. The van der Waals surface area contributed by atoms with Gasteiger partial charge in [0.05, 0.1) is 18.5 Å². The molecule has 7 nitrogen and oxygen atoms in total. The van der Waals surface area contributed by atoms with Crippen molar-refractivity contribution in [2.75, 3.05) is 39.8 Å². The van der Waals surface area contributed by atoms with Gasteiger partial charge in [0.15, 0.2) is 5.65 Å². The molecule has 0 radical (unpaired) electrons. The van der Waals surface area contributed by atoms with Gasteiger partial charge >= 0.3 is 0 Å². The van der Waals surface area contributed by atoms with Crippen LogP contribution < -0.4 is 0 Å². The Hall–Kier alpha value is -1.99. The van der Waals surface area contributed by atoms with Crippen LogP contribution in [0.5, 0.6) is 0 Å². The van der Waals surface area contributed by atoms with Crippen LogP contribution in [0.15, 0.2) is 18.6 Å². The van der Waals surface area contributed by atoms with Crippen LogP contribution in [-0.2, 0) is 0 Å². The molecule has 4 rings (SSSR count). The van der Waals surface area contributed by atoms with Crippen LogP contribution >= 0.6 is 0 Å². The Balaban J connectivity index is 1.39. The molecule has 152 valence electrons. The Labute approximate surface area is 166 Å². The standard InChI is InChI=1S/C21H31N5O2/c1-24(14-16-6-8-25(9-7-16)10-11-27)21(28)17-12-19-20(22-13-17)26(15-23-19)18-4-2-3-5-18/h12-13,15-16,18,27H,2-11,14H2,1H3. The Bertz CT molecular complexity index is 806. The van der Waals surface area contributed by atoms with E-state index in [0.717, 1.165) is 50.2 Å². The monoisotopic (exact) mass is 385 g/mol. The second-order valence-corrected chi connectivity index (χ2v) is 8.35. The molecule has 0 unspecified atom stereocenters. The van der Waals surface area contributed by atoms with Crippen LogP contribution in [0.25, 0.3) is 11.2 Å². The second kappa shape index (κ2) is 8.57. The third kappa shape index (κ3) is 4.05. The number of carbonyl (C=O) groups excluding carboxylic acids is 1. The van der Waals surface area contributed by atoms with Crippen molar-refractivity contribution in [3.8, 4) is 0 Å². The van der Waals surface area contributed by atoms with Crippen molar-refractivity contribution >= 4 is 17.1 Å². The average molecular weight is 386 g/mol. The van der Waals surface area contributed by atoms with E-state index in [0.29, 0.717) is 17.5 Å². The van der Waals surface area contributed by atoms with E-state index >= 15 is 0 Å². The van der Waals surface area contributed by atoms with Crippen LogP contribution in [0.3, 0.4) is 0 Å². The number of β-amino-alcohol motifs (C(OH)–C–C–N with tert-alkyl or cyclic N) is 1. The van der Waals surface area contributed by atoms with Crippen molar-refractivity contribution in [2.24, 2.45) is 5.92 Å². The van der Waals surface area contributed by atoms with Gasteiger partial charge in [-0.2, -0.15) is 0 Å². The molecule has 1 N–H and O–H groups in total. The molecule has 28 heavy (non-hydrogen) atoms. The minimum atomic E-state index is 0.0163. The Morgan fingerprint density at radius 3 is 2.68 bits per heavy atom. The normalized spacial score (nSPS) is 19.5. The number of imidazole rings is 1. The Morgan fingerprint density at radius 2 is 1.96 bits per heavy atom. The summed E-state index contributed by atoms with van der Waals surface area (Å²) in [7, 11) is 1.88. The third-order valence-corrected chi connectivity index (χ3v) is 6.38. The lowest BCUT2D eigenvalue weighted by Gasteiger charge is -2.33. The molecule has 0 aromatic carbocycles. The molecule has 0 atom stereocenters. The van der Waals surface area contributed by atoms with Crippen molar-refractivity contribution in [1.29, 1.82) is 0 Å². The summed E-state index contributed by atoms with van der Waals surface area (Å²) in [5, 5.41) is 9.06. The van der Waals surface area contributed by atoms with Gasteiger partial charge in [0, 0.05) is 32.4 Å². The number of aliphatic hydroxyl groups excluding tert-OH is 1. The molecule has 1 aliphatic carbocycles. The zero-order chi connectivity index (χ0) is 19.5. The summed E-state index contributed by atoms with van der Waals surface area (Å²) in [6, 6.07) is 2.38. The maximum absolute atomic E-state index is 12.9. The quantitative estimate of drug-likeness (QED) is 0.826. The van der Waals surface area contributed by atoms with Crippen molar-refractivity contribution in [3.63, 3.8) is 0 Å². The molecule has 7 heteroatoms. The lowest BCUT2D eigenvalue weighted by atomic mass is 9.96. The fourth-order valence-electron chi connectivity index (χ4n) is 4.71. The van der Waals surface area contributed by atoms with Gasteiger partial charge in [-0.25, -0.2) is 9.97 Å². The van der Waals surface area contributed by atoms with E-state index in [9.17, 15) is 4.79 Å². The van der Waals surface area contributed by atoms with Crippen LogP contribution in [0.1, 0.15) is 54.9 Å². The molecule has 0 bridgehead atoms. The van der Waals surface area contributed by atoms with Crippen molar-refractivity contribution in [1.82, 2.24) is 24.3 Å². The average Bonchev–Trinajstić information content (AvgIpc) is 3.38. The van der Waals surface area contributed by atoms with Gasteiger partial charge in [0.1, 0.15) is 5.52 Å². The van der Waals surface area contributed by atoms with E-state index in [4.69, 9.17) is 5.11 Å². The number of amides is 1. The summed E-state index contributed by atoms with van der Waals surface area (Å²) in [6.07, 6.45) is 10.6. The summed E-state index contributed by atoms with van der Waals surface area (Å²) < 4.78 is 2.18. The molecule has 0 spiro atoms. The number of fused-ring (bicyclic) bond motifs is 1. The highest BCUT2D eigenvalue weighted by Crippen LogP contribution is 2.31. The van der Waals surface area contributed by atoms with Crippen molar-refractivity contribution in [3.05, 3.63) is 24.2 Å². The highest BCUT2D eigenvalue weighted by molar-refractivity contribution is 5.96. The number of hydrogen-bond donors (Lipinski definition) is 1. The minimum Gasteiger partial charge on any atom is -0.395 e. The molecular weight excluding hydrogens is 354 g/mol. The maximum Gasteiger partial charge on any atom is 0.255 e. The van der Waals surface area contributed by atoms with Gasteiger partial charge in [-0.3, -0.25) is 4.79 Å². The molecule has 1 amide bonds. The molecule has 1 saturated carbocycles. The fourth-order valence-corrected chi connectivity index (χ4v) is 4.71. The van der Waals surface area contributed by atoms with Gasteiger partial charge in [-0.15, -0.1) is 0 Å². The number of aromatic nitrogens is 3. The fraction of sp³-hybridized carbons (Fsp3) is 0.667. The predicted octanol–water partition coefficient (Wildman–Crippen LogP) is 2.32. The molecule has 2 aromatic rings. The highest BCUT2D eigenvalue weighted by Gasteiger charge is 2.24. The number of hydrogen-bond acceptors (Lipinski definition) is 5. The first-order valence-electron chi connectivity index (χ1n) is 10.6. The molecule has 1 aliphatic heterocycles. The Morgan fingerprint density at radius 1 is 1.21 bits per heavy atom. The molecule has 2 fully saturated rings. The van der Waals surface area contributed by atoms with E-state index in [1.54, 1.807) is 6.20 Å². The first kappa shape index (κ1) is 19.3. The van der Waals surface area contributed by atoms with Crippen molar-refractivity contribution in [2.45, 2.75) is 44.6 Å². The molecule has 2 aromatic heterocycles. The number of rotatable bonds is 6. The van der Waals surface area contributed by atoms with Gasteiger partial charge < -0.3 is 19.5 Å². The lowest BCUT2D eigenvalue weighted by Crippen LogP contribution is -2.40. The van der Waals surface area contributed by atoms with Gasteiger partial charge in [-0.1, -0.05) is 12.8 Å². The minimum absolute atomic E-state index is 0.0163. The van der Waals surface area contributed by atoms with E-state index in [2.05, 4.69) is 19.4 Å². The third-order valence-electron chi connectivity index (χ3n) is 6.38. The van der Waals surface area contributed by atoms with E-state index in [1.165, 1.54) is 25.7 Å². The number of aliphatic hydroxyl groups is 1. The zero-order valence-electron chi connectivity index (χ0n) is 16.8. The van der Waals surface area contributed by atoms with Crippen molar-refractivity contribution < 1.29 is 9.90 Å². The first-order chi connectivity index (χ1) is 13.7. The summed E-state index contributed by atoms with van der Waals surface area (Å²) in [4.78, 5) is 26.1. The molecule has 1 saturated heterocycles. The summed E-state index contributed by atoms with van der Waals surface area (Å²) >= 11 is 0. The van der Waals surface area contributed by atoms with E-state index in [1.807, 2.05) is 24.3 Å². The van der Waals surface area contributed by atoms with E-state index in [-0.39, 0.29) is 12.5 Å². The van der Waals surface area contributed by atoms with Gasteiger partial charge in [0.2, 0.25) is 0 Å². The zero-order valence-corrected chi connectivity index (χ0v) is 16.8. The maximum atomic E-state index is 12.9. The number of likely N-dealkylation sites (tertiary alicyclic amines) is 1. The first-order valence-corrected chi connectivity index (χ1v) is 10.6. The van der Waals surface area contributed by atoms with Crippen LogP contribution in [0, 0.1) is 5.92 Å². The molecule has 2 aliphatic rings. The van der Waals surface area contributed by atoms with Crippen LogP contribution in [-0.4, -0.2) is 75.2 Å². The summed E-state index contributed by atoms with van der Waals surface area (Å²) in [5.41, 5.74) is 2.32.